The number of aliphatic hydroxyl groups is 1. The predicted molar refractivity (Wildman–Crippen MR) is 79.9 cm³/mol. The van der Waals surface area contributed by atoms with Crippen molar-refractivity contribution < 1.29 is 18.7 Å². The fraction of sp³-hybridized carbons (Fsp3) is 0.118. The summed E-state index contributed by atoms with van der Waals surface area (Å²) in [6.45, 7) is -0.232. The number of nitrogens with one attached hydrogen (secondary N) is 1. The Bertz CT molecular complexity index is 798. The number of rotatable bonds is 4. The van der Waals surface area contributed by atoms with Crippen LogP contribution in [0.3, 0.4) is 0 Å². The van der Waals surface area contributed by atoms with E-state index in [1.165, 1.54) is 24.3 Å². The van der Waals surface area contributed by atoms with Crippen molar-refractivity contribution in [2.75, 3.05) is 6.61 Å². The summed E-state index contributed by atoms with van der Waals surface area (Å²) in [6, 6.07) is 14.1. The van der Waals surface area contributed by atoms with Crippen LogP contribution in [0.2, 0.25) is 0 Å². The van der Waals surface area contributed by atoms with Gasteiger partial charge in [0.15, 0.2) is 5.76 Å². The molecule has 112 valence electrons. The van der Waals surface area contributed by atoms with Crippen molar-refractivity contribution in [3.8, 4) is 0 Å². The molecule has 4 nitrogen and oxygen atoms in total. The minimum absolute atomic E-state index is 0.0787. The van der Waals surface area contributed by atoms with Gasteiger partial charge in [-0.3, -0.25) is 4.79 Å². The lowest BCUT2D eigenvalue weighted by molar-refractivity contribution is 0.0890. The number of benzene rings is 2. The number of furan rings is 1. The van der Waals surface area contributed by atoms with Crippen LogP contribution in [0, 0.1) is 5.82 Å². The first-order valence-electron chi connectivity index (χ1n) is 6.83. The lowest BCUT2D eigenvalue weighted by atomic mass is 10.1. The molecular formula is C17H14FNO3. The maximum Gasteiger partial charge on any atom is 0.287 e. The van der Waals surface area contributed by atoms with E-state index in [2.05, 4.69) is 5.32 Å². The molecule has 1 atom stereocenters. The first-order valence-corrected chi connectivity index (χ1v) is 6.83. The second kappa shape index (κ2) is 5.99. The molecule has 22 heavy (non-hydrogen) atoms. The van der Waals surface area contributed by atoms with Gasteiger partial charge < -0.3 is 14.8 Å². The zero-order valence-electron chi connectivity index (χ0n) is 11.6. The molecule has 0 aliphatic carbocycles. The van der Waals surface area contributed by atoms with Gasteiger partial charge in [0, 0.05) is 5.39 Å². The minimum Gasteiger partial charge on any atom is -0.451 e. The molecule has 1 heterocycles. The lowest BCUT2D eigenvalue weighted by Crippen LogP contribution is -2.30. The SMILES string of the molecule is O=C(NC(CO)c1ccccc1)c1cc2cc(F)ccc2o1. The highest BCUT2D eigenvalue weighted by Crippen LogP contribution is 2.21. The van der Waals surface area contributed by atoms with Crippen molar-refractivity contribution in [1.82, 2.24) is 5.32 Å². The highest BCUT2D eigenvalue weighted by atomic mass is 19.1. The molecule has 1 unspecified atom stereocenters. The Kier molecular flexibility index (Phi) is 3.89. The standard InChI is InChI=1S/C17H14FNO3/c18-13-6-7-15-12(8-13)9-16(22-15)17(21)19-14(10-20)11-4-2-1-3-5-11/h1-9,14,20H,10H2,(H,19,21). The van der Waals surface area contributed by atoms with E-state index in [1.807, 2.05) is 30.3 Å². The summed E-state index contributed by atoms with van der Waals surface area (Å²) >= 11 is 0. The van der Waals surface area contributed by atoms with Gasteiger partial charge >= 0.3 is 0 Å². The third-order valence-electron chi connectivity index (χ3n) is 3.39. The Hall–Kier alpha value is -2.66. The molecule has 0 spiro atoms. The van der Waals surface area contributed by atoms with Crippen LogP contribution in [0.1, 0.15) is 22.2 Å². The Morgan fingerprint density at radius 3 is 2.68 bits per heavy atom. The normalized spacial score (nSPS) is 12.3. The van der Waals surface area contributed by atoms with Gasteiger partial charge in [-0.05, 0) is 29.8 Å². The van der Waals surface area contributed by atoms with E-state index in [0.717, 1.165) is 5.56 Å². The number of carbonyl (C=O) groups excluding carboxylic acids is 1. The van der Waals surface area contributed by atoms with Gasteiger partial charge in [0.25, 0.3) is 5.91 Å². The topological polar surface area (TPSA) is 62.5 Å². The van der Waals surface area contributed by atoms with Crippen molar-refractivity contribution in [2.45, 2.75) is 6.04 Å². The highest BCUT2D eigenvalue weighted by Gasteiger charge is 2.18. The molecule has 1 amide bonds. The summed E-state index contributed by atoms with van der Waals surface area (Å²) in [5, 5.41) is 12.7. The quantitative estimate of drug-likeness (QED) is 0.778. The smallest absolute Gasteiger partial charge is 0.287 e. The second-order valence-corrected chi connectivity index (χ2v) is 4.91. The number of aliphatic hydroxyl groups excluding tert-OH is 1. The molecule has 3 aromatic rings. The maximum absolute atomic E-state index is 13.2. The van der Waals surface area contributed by atoms with E-state index in [9.17, 15) is 14.3 Å². The van der Waals surface area contributed by atoms with E-state index < -0.39 is 17.8 Å². The maximum atomic E-state index is 13.2. The van der Waals surface area contributed by atoms with Gasteiger partial charge in [-0.25, -0.2) is 4.39 Å². The summed E-state index contributed by atoms with van der Waals surface area (Å²) in [7, 11) is 0. The molecule has 3 rings (SSSR count). The molecule has 0 radical (unpaired) electrons. The Labute approximate surface area is 126 Å². The number of amides is 1. The average molecular weight is 299 g/mol. The molecule has 5 heteroatoms. The van der Waals surface area contributed by atoms with E-state index in [0.29, 0.717) is 11.0 Å². The molecule has 2 N–H and O–H groups in total. The third-order valence-corrected chi connectivity index (χ3v) is 3.39. The van der Waals surface area contributed by atoms with Crippen LogP contribution in [0.25, 0.3) is 11.0 Å². The summed E-state index contributed by atoms with van der Waals surface area (Å²) in [6.07, 6.45) is 0. The predicted octanol–water partition coefficient (Wildman–Crippen LogP) is 3.04. The first kappa shape index (κ1) is 14.3. The van der Waals surface area contributed by atoms with E-state index in [1.54, 1.807) is 0 Å². The van der Waals surface area contributed by atoms with Crippen molar-refractivity contribution >= 4 is 16.9 Å². The van der Waals surface area contributed by atoms with Gasteiger partial charge in [-0.2, -0.15) is 0 Å². The van der Waals surface area contributed by atoms with E-state index in [4.69, 9.17) is 4.42 Å². The highest BCUT2D eigenvalue weighted by molar-refractivity contribution is 5.96. The molecule has 0 saturated carbocycles. The summed E-state index contributed by atoms with van der Waals surface area (Å²) in [4.78, 5) is 12.2. The van der Waals surface area contributed by atoms with Crippen LogP contribution in [-0.4, -0.2) is 17.6 Å². The fourth-order valence-electron chi connectivity index (χ4n) is 2.28. The second-order valence-electron chi connectivity index (χ2n) is 4.91. The Morgan fingerprint density at radius 1 is 1.18 bits per heavy atom. The molecule has 0 saturated heterocycles. The fourth-order valence-corrected chi connectivity index (χ4v) is 2.28. The third kappa shape index (κ3) is 2.84. The molecule has 0 aliphatic heterocycles. The van der Waals surface area contributed by atoms with Gasteiger partial charge in [0.2, 0.25) is 0 Å². The number of halogens is 1. The monoisotopic (exact) mass is 299 g/mol. The van der Waals surface area contributed by atoms with E-state index >= 15 is 0 Å². The Balaban J connectivity index is 1.83. The molecule has 2 aromatic carbocycles. The number of hydrogen-bond donors (Lipinski definition) is 2. The Morgan fingerprint density at radius 2 is 1.95 bits per heavy atom. The van der Waals surface area contributed by atoms with Gasteiger partial charge in [-0.15, -0.1) is 0 Å². The van der Waals surface area contributed by atoms with Crippen LogP contribution < -0.4 is 5.32 Å². The van der Waals surface area contributed by atoms with Gasteiger partial charge in [-0.1, -0.05) is 30.3 Å². The van der Waals surface area contributed by atoms with Crippen LogP contribution in [-0.2, 0) is 0 Å². The van der Waals surface area contributed by atoms with Crippen molar-refractivity contribution in [3.63, 3.8) is 0 Å². The molecule has 0 bridgehead atoms. The molecular weight excluding hydrogens is 285 g/mol. The summed E-state index contributed by atoms with van der Waals surface area (Å²) < 4.78 is 18.6. The largest absolute Gasteiger partial charge is 0.451 e. The zero-order valence-corrected chi connectivity index (χ0v) is 11.6. The minimum atomic E-state index is -0.529. The van der Waals surface area contributed by atoms with Crippen LogP contribution >= 0.6 is 0 Å². The number of carbonyl (C=O) groups is 1. The summed E-state index contributed by atoms with van der Waals surface area (Å²) in [5.41, 5.74) is 1.23. The van der Waals surface area contributed by atoms with Crippen LogP contribution in [0.4, 0.5) is 4.39 Å². The zero-order chi connectivity index (χ0) is 15.5. The molecule has 1 aromatic heterocycles. The van der Waals surface area contributed by atoms with Crippen LogP contribution in [0.15, 0.2) is 59.0 Å². The van der Waals surface area contributed by atoms with Crippen molar-refractivity contribution in [3.05, 3.63) is 71.7 Å². The van der Waals surface area contributed by atoms with Crippen molar-refractivity contribution in [1.29, 1.82) is 0 Å². The molecule has 0 fully saturated rings. The number of hydrogen-bond acceptors (Lipinski definition) is 3. The summed E-state index contributed by atoms with van der Waals surface area (Å²) in [5.74, 6) is -0.771. The molecule has 0 aliphatic rings. The number of fused-ring (bicyclic) bond motifs is 1. The van der Waals surface area contributed by atoms with E-state index in [-0.39, 0.29) is 12.4 Å². The average Bonchev–Trinajstić information content (AvgIpc) is 2.96. The first-order chi connectivity index (χ1) is 10.7. The lowest BCUT2D eigenvalue weighted by Gasteiger charge is -2.15. The van der Waals surface area contributed by atoms with Gasteiger partial charge in [0.1, 0.15) is 11.4 Å². The van der Waals surface area contributed by atoms with Crippen molar-refractivity contribution in [2.24, 2.45) is 0 Å². The van der Waals surface area contributed by atoms with Gasteiger partial charge in [0.05, 0.1) is 12.6 Å². The van der Waals surface area contributed by atoms with Crippen LogP contribution in [0.5, 0.6) is 0 Å².